The molecule has 0 fully saturated rings. The summed E-state index contributed by atoms with van der Waals surface area (Å²) in [6, 6.07) is 41.0. The molecule has 0 aromatic heterocycles. The van der Waals surface area contributed by atoms with E-state index in [-0.39, 0.29) is 0 Å². The molecule has 8 rings (SSSR count). The summed E-state index contributed by atoms with van der Waals surface area (Å²) in [5.74, 6) is 0. The van der Waals surface area contributed by atoms with Crippen molar-refractivity contribution >= 4 is 64.6 Å². The lowest BCUT2D eigenvalue weighted by Crippen LogP contribution is -1.94. The van der Waals surface area contributed by atoms with E-state index in [4.69, 9.17) is 0 Å². The average molecular weight is 511 g/mol. The van der Waals surface area contributed by atoms with Gasteiger partial charge in [0.2, 0.25) is 0 Å². The fraction of sp³-hybridized carbons (Fsp3) is 0.100. The van der Waals surface area contributed by atoms with Gasteiger partial charge in [-0.1, -0.05) is 97.1 Å². The molecule has 0 radical (unpaired) electrons. The summed E-state index contributed by atoms with van der Waals surface area (Å²) in [5, 5.41) is 16.0. The first-order valence-corrected chi connectivity index (χ1v) is 14.2. The van der Waals surface area contributed by atoms with E-state index in [1.165, 1.54) is 98.0 Å². The van der Waals surface area contributed by atoms with Crippen LogP contribution in [-0.2, 0) is 0 Å². The second kappa shape index (κ2) is 8.41. The molecule has 0 aliphatic carbocycles. The maximum absolute atomic E-state index is 2.48. The largest absolute Gasteiger partial charge is 0.0616 e. The Bertz CT molecular complexity index is 2180. The van der Waals surface area contributed by atoms with Crippen molar-refractivity contribution in [2.24, 2.45) is 0 Å². The van der Waals surface area contributed by atoms with Gasteiger partial charge in [-0.3, -0.25) is 0 Å². The smallest absolute Gasteiger partial charge is 0.00175 e. The Morgan fingerprint density at radius 1 is 0.300 bits per heavy atom. The highest BCUT2D eigenvalue weighted by Gasteiger charge is 2.20. The molecule has 0 saturated carbocycles. The summed E-state index contributed by atoms with van der Waals surface area (Å²) in [4.78, 5) is 0. The zero-order chi connectivity index (χ0) is 27.1. The first-order valence-electron chi connectivity index (χ1n) is 14.2. The SMILES string of the molecule is Cc1cccc2c1cc(-c1cc3c(C)cccc3c3c(C)cc4ccccc4c13)c1c3ccccc3cc(C)c21. The molecule has 0 amide bonds. The Balaban J connectivity index is 1.73. The van der Waals surface area contributed by atoms with Crippen molar-refractivity contribution in [3.05, 3.63) is 131 Å². The zero-order valence-corrected chi connectivity index (χ0v) is 23.4. The summed E-state index contributed by atoms with van der Waals surface area (Å²) in [6.45, 7) is 9.05. The van der Waals surface area contributed by atoms with Crippen LogP contribution in [0.1, 0.15) is 22.3 Å². The number of fused-ring (bicyclic) bond motifs is 10. The molecule has 0 unspecified atom stereocenters. The highest BCUT2D eigenvalue weighted by Crippen LogP contribution is 2.47. The van der Waals surface area contributed by atoms with Crippen LogP contribution in [0, 0.1) is 27.7 Å². The van der Waals surface area contributed by atoms with Gasteiger partial charge in [0.25, 0.3) is 0 Å². The van der Waals surface area contributed by atoms with Gasteiger partial charge in [-0.05, 0) is 138 Å². The Hall–Kier alpha value is -4.68. The van der Waals surface area contributed by atoms with Crippen molar-refractivity contribution in [2.45, 2.75) is 27.7 Å². The average Bonchev–Trinajstić information content (AvgIpc) is 2.96. The number of rotatable bonds is 1. The third-order valence-electron chi connectivity index (χ3n) is 9.09. The molecule has 0 heteroatoms. The Morgan fingerprint density at radius 2 is 0.700 bits per heavy atom. The van der Waals surface area contributed by atoms with Gasteiger partial charge in [-0.25, -0.2) is 0 Å². The van der Waals surface area contributed by atoms with Gasteiger partial charge in [-0.15, -0.1) is 0 Å². The van der Waals surface area contributed by atoms with Gasteiger partial charge in [0.15, 0.2) is 0 Å². The molecule has 40 heavy (non-hydrogen) atoms. The number of hydrogen-bond acceptors (Lipinski definition) is 0. The lowest BCUT2D eigenvalue weighted by molar-refractivity contribution is 1.52. The monoisotopic (exact) mass is 510 g/mol. The summed E-state index contributed by atoms with van der Waals surface area (Å²) >= 11 is 0. The van der Waals surface area contributed by atoms with E-state index in [1.54, 1.807) is 0 Å². The number of benzene rings is 8. The fourth-order valence-electron chi connectivity index (χ4n) is 7.27. The van der Waals surface area contributed by atoms with Crippen molar-refractivity contribution in [1.29, 1.82) is 0 Å². The highest BCUT2D eigenvalue weighted by atomic mass is 14.2. The van der Waals surface area contributed by atoms with E-state index in [9.17, 15) is 0 Å². The van der Waals surface area contributed by atoms with E-state index in [2.05, 4.69) is 137 Å². The van der Waals surface area contributed by atoms with Crippen molar-refractivity contribution in [3.8, 4) is 11.1 Å². The first kappa shape index (κ1) is 23.2. The topological polar surface area (TPSA) is 0 Å². The molecule has 0 N–H and O–H groups in total. The second-order valence-corrected chi connectivity index (χ2v) is 11.5. The van der Waals surface area contributed by atoms with Crippen LogP contribution in [0.2, 0.25) is 0 Å². The molecule has 0 heterocycles. The fourth-order valence-corrected chi connectivity index (χ4v) is 7.27. The number of hydrogen-bond donors (Lipinski definition) is 0. The minimum absolute atomic E-state index is 1.29. The summed E-state index contributed by atoms with van der Waals surface area (Å²) < 4.78 is 0. The Labute approximate surface area is 234 Å². The van der Waals surface area contributed by atoms with Crippen LogP contribution in [0.5, 0.6) is 0 Å². The van der Waals surface area contributed by atoms with E-state index >= 15 is 0 Å². The van der Waals surface area contributed by atoms with Gasteiger partial charge in [0.05, 0.1) is 0 Å². The lowest BCUT2D eigenvalue weighted by atomic mass is 9.82. The maximum atomic E-state index is 2.48. The van der Waals surface area contributed by atoms with Gasteiger partial charge in [0, 0.05) is 0 Å². The molecule has 8 aromatic carbocycles. The van der Waals surface area contributed by atoms with E-state index in [1.807, 2.05) is 0 Å². The lowest BCUT2D eigenvalue weighted by Gasteiger charge is -2.21. The van der Waals surface area contributed by atoms with Crippen LogP contribution >= 0.6 is 0 Å². The highest BCUT2D eigenvalue weighted by molar-refractivity contribution is 6.30. The molecule has 0 aliphatic heterocycles. The Kier molecular flexibility index (Phi) is 4.88. The number of aryl methyl sites for hydroxylation is 4. The Morgan fingerprint density at radius 3 is 1.15 bits per heavy atom. The molecule has 0 aliphatic rings. The van der Waals surface area contributed by atoms with Crippen LogP contribution in [0.25, 0.3) is 75.8 Å². The molecule has 8 aromatic rings. The van der Waals surface area contributed by atoms with Gasteiger partial charge in [-0.2, -0.15) is 0 Å². The third kappa shape index (κ3) is 3.14. The van der Waals surface area contributed by atoms with E-state index in [0.29, 0.717) is 0 Å². The van der Waals surface area contributed by atoms with E-state index in [0.717, 1.165) is 0 Å². The molecule has 0 atom stereocenters. The predicted octanol–water partition coefficient (Wildman–Crippen LogP) is 11.5. The predicted molar refractivity (Wildman–Crippen MR) is 176 cm³/mol. The molecule has 0 bridgehead atoms. The van der Waals surface area contributed by atoms with Crippen molar-refractivity contribution in [2.75, 3.05) is 0 Å². The van der Waals surface area contributed by atoms with Gasteiger partial charge >= 0.3 is 0 Å². The first-order chi connectivity index (χ1) is 19.5. The molecule has 0 nitrogen and oxygen atoms in total. The quantitative estimate of drug-likeness (QED) is 0.193. The zero-order valence-electron chi connectivity index (χ0n) is 23.4. The third-order valence-corrected chi connectivity index (χ3v) is 9.09. The molecular weight excluding hydrogens is 480 g/mol. The molecular formula is C40H30. The minimum atomic E-state index is 1.29. The van der Waals surface area contributed by atoms with Crippen molar-refractivity contribution < 1.29 is 0 Å². The molecule has 0 saturated heterocycles. The van der Waals surface area contributed by atoms with Crippen LogP contribution in [0.3, 0.4) is 0 Å². The molecule has 190 valence electrons. The van der Waals surface area contributed by atoms with E-state index < -0.39 is 0 Å². The normalized spacial score (nSPS) is 12.0. The maximum Gasteiger partial charge on any atom is -0.00175 e. The summed E-state index contributed by atoms with van der Waals surface area (Å²) in [6.07, 6.45) is 0. The van der Waals surface area contributed by atoms with Gasteiger partial charge in [0.1, 0.15) is 0 Å². The minimum Gasteiger partial charge on any atom is -0.0616 e. The second-order valence-electron chi connectivity index (χ2n) is 11.5. The van der Waals surface area contributed by atoms with Gasteiger partial charge < -0.3 is 0 Å². The molecule has 0 spiro atoms. The van der Waals surface area contributed by atoms with Crippen LogP contribution in [0.4, 0.5) is 0 Å². The summed E-state index contributed by atoms with van der Waals surface area (Å²) in [5.41, 5.74) is 7.93. The van der Waals surface area contributed by atoms with Crippen molar-refractivity contribution in [3.63, 3.8) is 0 Å². The van der Waals surface area contributed by atoms with Crippen LogP contribution < -0.4 is 0 Å². The summed E-state index contributed by atoms with van der Waals surface area (Å²) in [7, 11) is 0. The van der Waals surface area contributed by atoms with Crippen LogP contribution in [0.15, 0.2) is 109 Å². The van der Waals surface area contributed by atoms with Crippen molar-refractivity contribution in [1.82, 2.24) is 0 Å². The van der Waals surface area contributed by atoms with Crippen LogP contribution in [-0.4, -0.2) is 0 Å². The standard InChI is InChI=1S/C40H30/c1-23-11-9-17-31-33(23)21-35(39-29-15-7-5-13-27(29)19-25(3)37(31)39)36-22-34-24(2)12-10-18-32(34)38-26(4)20-28-14-6-8-16-30(28)40(36)38/h5-22H,1-4H3.